The topological polar surface area (TPSA) is 57.6 Å². The Morgan fingerprint density at radius 3 is 2.32 bits per heavy atom. The highest BCUT2D eigenvalue weighted by atomic mass is 32.2. The summed E-state index contributed by atoms with van der Waals surface area (Å²) in [7, 11) is -2.92. The summed E-state index contributed by atoms with van der Waals surface area (Å²) < 4.78 is 22.3. The molecule has 0 aromatic heterocycles. The van der Waals surface area contributed by atoms with Gasteiger partial charge >= 0.3 is 0 Å². The maximum absolute atomic E-state index is 11.1. The quantitative estimate of drug-likeness (QED) is 0.777. The van der Waals surface area contributed by atoms with Gasteiger partial charge in [0.25, 0.3) is 0 Å². The molecule has 1 heterocycles. The molecule has 19 heavy (non-hydrogen) atoms. The van der Waals surface area contributed by atoms with Crippen LogP contribution >= 0.6 is 0 Å². The van der Waals surface area contributed by atoms with Crippen molar-refractivity contribution < 1.29 is 13.5 Å². The molecule has 1 saturated heterocycles. The van der Waals surface area contributed by atoms with Crippen LogP contribution in [0.4, 0.5) is 0 Å². The third kappa shape index (κ3) is 5.04. The Labute approximate surface area is 118 Å². The minimum absolute atomic E-state index is 0.170. The number of likely N-dealkylation sites (tertiary alicyclic amines) is 1. The van der Waals surface area contributed by atoms with Gasteiger partial charge in [-0.25, -0.2) is 8.42 Å². The molecule has 0 bridgehead atoms. The van der Waals surface area contributed by atoms with Crippen LogP contribution in [0.15, 0.2) is 0 Å². The first kappa shape index (κ1) is 16.9. The van der Waals surface area contributed by atoms with Gasteiger partial charge in [0.15, 0.2) is 0 Å². The van der Waals surface area contributed by atoms with Crippen molar-refractivity contribution in [3.8, 4) is 0 Å². The van der Waals surface area contributed by atoms with Crippen molar-refractivity contribution >= 4 is 9.84 Å². The summed E-state index contributed by atoms with van der Waals surface area (Å²) in [6, 6.07) is 0. The zero-order valence-corrected chi connectivity index (χ0v) is 13.4. The van der Waals surface area contributed by atoms with Crippen LogP contribution in [0, 0.1) is 0 Å². The Hall–Kier alpha value is -0.130. The van der Waals surface area contributed by atoms with Gasteiger partial charge in [-0.15, -0.1) is 0 Å². The molecule has 0 radical (unpaired) electrons. The number of rotatable bonds is 7. The average Bonchev–Trinajstić information content (AvgIpc) is 2.37. The average molecular weight is 291 g/mol. The smallest absolute Gasteiger partial charge is 0.147 e. The molecule has 1 fully saturated rings. The van der Waals surface area contributed by atoms with Gasteiger partial charge in [0.1, 0.15) is 9.84 Å². The van der Waals surface area contributed by atoms with Gasteiger partial charge in [-0.3, -0.25) is 4.90 Å². The molecule has 114 valence electrons. The number of aliphatic hydroxyl groups is 1. The Bertz CT molecular complexity index is 363. The minimum Gasteiger partial charge on any atom is -0.391 e. The molecule has 1 N–H and O–H groups in total. The molecule has 0 amide bonds. The van der Waals surface area contributed by atoms with Gasteiger partial charge in [0.05, 0.1) is 6.10 Å². The van der Waals surface area contributed by atoms with E-state index in [1.807, 2.05) is 0 Å². The van der Waals surface area contributed by atoms with Crippen LogP contribution in [-0.4, -0.2) is 55.2 Å². The largest absolute Gasteiger partial charge is 0.391 e. The van der Waals surface area contributed by atoms with Gasteiger partial charge in [-0.2, -0.15) is 0 Å². The van der Waals surface area contributed by atoms with Crippen LogP contribution in [0.3, 0.4) is 0 Å². The number of nitrogens with zero attached hydrogens (tertiary/aromatic N) is 1. The van der Waals surface area contributed by atoms with Crippen LogP contribution in [0.1, 0.15) is 52.4 Å². The van der Waals surface area contributed by atoms with Crippen LogP contribution in [-0.2, 0) is 9.84 Å². The Morgan fingerprint density at radius 1 is 1.26 bits per heavy atom. The summed E-state index contributed by atoms with van der Waals surface area (Å²) in [6.45, 7) is 6.32. The lowest BCUT2D eigenvalue weighted by molar-refractivity contribution is -0.0371. The zero-order valence-electron chi connectivity index (χ0n) is 12.6. The predicted molar refractivity (Wildman–Crippen MR) is 79.1 cm³/mol. The molecule has 0 aromatic rings. The second-order valence-electron chi connectivity index (χ2n) is 6.05. The first-order chi connectivity index (χ1) is 8.79. The van der Waals surface area contributed by atoms with E-state index in [2.05, 4.69) is 18.7 Å². The maximum atomic E-state index is 11.1. The van der Waals surface area contributed by atoms with Gasteiger partial charge in [0.2, 0.25) is 0 Å². The van der Waals surface area contributed by atoms with E-state index in [-0.39, 0.29) is 11.3 Å². The van der Waals surface area contributed by atoms with Gasteiger partial charge in [-0.1, -0.05) is 13.3 Å². The molecule has 2 unspecified atom stereocenters. The molecule has 0 aliphatic carbocycles. The maximum Gasteiger partial charge on any atom is 0.147 e. The standard InChI is InChI=1S/C14H29NO3S/c1-4-14(2,15-10-6-5-7-11-15)13(16)9-8-12-19(3,17)18/h13,16H,4-12H2,1-3H3. The fourth-order valence-electron chi connectivity index (χ4n) is 2.92. The third-order valence-corrected chi connectivity index (χ3v) is 5.54. The van der Waals surface area contributed by atoms with Gasteiger partial charge < -0.3 is 5.11 Å². The summed E-state index contributed by atoms with van der Waals surface area (Å²) in [6.07, 6.45) is 6.49. The molecule has 1 rings (SSSR count). The van der Waals surface area contributed by atoms with E-state index in [0.29, 0.717) is 12.8 Å². The molecule has 0 aromatic carbocycles. The van der Waals surface area contributed by atoms with Crippen molar-refractivity contribution in [2.45, 2.75) is 64.0 Å². The van der Waals surface area contributed by atoms with Crippen molar-refractivity contribution in [3.05, 3.63) is 0 Å². The van der Waals surface area contributed by atoms with Crippen molar-refractivity contribution in [1.29, 1.82) is 0 Å². The van der Waals surface area contributed by atoms with E-state index < -0.39 is 15.9 Å². The van der Waals surface area contributed by atoms with E-state index in [9.17, 15) is 13.5 Å². The first-order valence-corrected chi connectivity index (χ1v) is 9.46. The molecule has 0 spiro atoms. The summed E-state index contributed by atoms with van der Waals surface area (Å²) in [4.78, 5) is 2.39. The van der Waals surface area contributed by atoms with Crippen LogP contribution in [0.5, 0.6) is 0 Å². The molecular weight excluding hydrogens is 262 g/mol. The van der Waals surface area contributed by atoms with E-state index >= 15 is 0 Å². The SMILES string of the molecule is CCC(C)(C(O)CCCS(C)(=O)=O)N1CCCCC1. The highest BCUT2D eigenvalue weighted by Gasteiger charge is 2.37. The number of hydrogen-bond donors (Lipinski definition) is 1. The number of piperidine rings is 1. The number of sulfone groups is 1. The van der Waals surface area contributed by atoms with Crippen molar-refractivity contribution in [3.63, 3.8) is 0 Å². The van der Waals surface area contributed by atoms with Gasteiger partial charge in [-0.05, 0) is 52.1 Å². The van der Waals surface area contributed by atoms with E-state index in [1.54, 1.807) is 0 Å². The fourth-order valence-corrected chi connectivity index (χ4v) is 3.62. The fraction of sp³-hybridized carbons (Fsp3) is 1.00. The van der Waals surface area contributed by atoms with Crippen molar-refractivity contribution in [2.24, 2.45) is 0 Å². The molecular formula is C14H29NO3S. The molecule has 1 aliphatic rings. The first-order valence-electron chi connectivity index (χ1n) is 7.40. The molecule has 2 atom stereocenters. The summed E-state index contributed by atoms with van der Waals surface area (Å²) in [5.41, 5.74) is -0.210. The highest BCUT2D eigenvalue weighted by Crippen LogP contribution is 2.29. The second-order valence-corrected chi connectivity index (χ2v) is 8.31. The lowest BCUT2D eigenvalue weighted by Crippen LogP contribution is -2.55. The van der Waals surface area contributed by atoms with E-state index in [0.717, 1.165) is 19.5 Å². The minimum atomic E-state index is -2.92. The molecule has 0 saturated carbocycles. The lowest BCUT2D eigenvalue weighted by Gasteiger charge is -2.46. The van der Waals surface area contributed by atoms with Crippen LogP contribution in [0.25, 0.3) is 0 Å². The summed E-state index contributed by atoms with van der Waals surface area (Å²) in [5.74, 6) is 0.170. The normalized spacial score (nSPS) is 22.9. The van der Waals surface area contributed by atoms with Crippen LogP contribution < -0.4 is 0 Å². The number of hydrogen-bond acceptors (Lipinski definition) is 4. The number of aliphatic hydroxyl groups excluding tert-OH is 1. The zero-order chi connectivity index (χ0) is 14.5. The summed E-state index contributed by atoms with van der Waals surface area (Å²) in [5, 5.41) is 10.5. The van der Waals surface area contributed by atoms with E-state index in [1.165, 1.54) is 25.5 Å². The molecule has 5 heteroatoms. The second kappa shape index (κ2) is 7.04. The molecule has 1 aliphatic heterocycles. The van der Waals surface area contributed by atoms with Gasteiger partial charge in [0, 0.05) is 17.5 Å². The molecule has 4 nitrogen and oxygen atoms in total. The Balaban J connectivity index is 2.56. The van der Waals surface area contributed by atoms with Crippen LogP contribution in [0.2, 0.25) is 0 Å². The summed E-state index contributed by atoms with van der Waals surface area (Å²) >= 11 is 0. The van der Waals surface area contributed by atoms with Crippen molar-refractivity contribution in [2.75, 3.05) is 25.1 Å². The highest BCUT2D eigenvalue weighted by molar-refractivity contribution is 7.90. The Kier molecular flexibility index (Phi) is 6.27. The monoisotopic (exact) mass is 291 g/mol. The predicted octanol–water partition coefficient (Wildman–Crippen LogP) is 1.83. The Morgan fingerprint density at radius 2 is 1.84 bits per heavy atom. The third-order valence-electron chi connectivity index (χ3n) is 4.50. The lowest BCUT2D eigenvalue weighted by atomic mass is 9.85. The van der Waals surface area contributed by atoms with Crippen molar-refractivity contribution in [1.82, 2.24) is 4.90 Å². The van der Waals surface area contributed by atoms with E-state index in [4.69, 9.17) is 0 Å².